The van der Waals surface area contributed by atoms with Gasteiger partial charge in [-0.1, -0.05) is 133 Å². The van der Waals surface area contributed by atoms with Crippen LogP contribution in [0.4, 0.5) is 9.59 Å². The van der Waals surface area contributed by atoms with E-state index in [9.17, 15) is 38.4 Å². The van der Waals surface area contributed by atoms with E-state index in [2.05, 4.69) is 21.3 Å². The zero-order valence-corrected chi connectivity index (χ0v) is 47.2. The number of carbonyl (C=O) groups is 8. The van der Waals surface area contributed by atoms with E-state index in [0.29, 0.717) is 47.9 Å². The molecule has 8 rings (SSSR count). The van der Waals surface area contributed by atoms with E-state index in [1.54, 1.807) is 62.4 Å². The summed E-state index contributed by atoms with van der Waals surface area (Å²) in [5.41, 5.74) is 18.3. The number of hydrogen-bond acceptors (Lipinski definition) is 12. The molecule has 436 valence electrons. The Labute approximate surface area is 488 Å². The molecule has 84 heavy (non-hydrogen) atoms. The normalized spacial score (nSPS) is 16.7. The minimum Gasteiger partial charge on any atom is -0.444 e. The Kier molecular flexibility index (Phi) is 22.5. The molecule has 0 unspecified atom stereocenters. The molecule has 2 aliphatic carbocycles. The van der Waals surface area contributed by atoms with Gasteiger partial charge in [0.25, 0.3) is 0 Å². The van der Waals surface area contributed by atoms with Gasteiger partial charge < -0.3 is 31.6 Å². The smallest absolute Gasteiger partial charge is 0.413 e. The minimum absolute atomic E-state index is 0.0632. The van der Waals surface area contributed by atoms with Crippen LogP contribution in [0.5, 0.6) is 0 Å². The third kappa shape index (κ3) is 18.7. The van der Waals surface area contributed by atoms with Crippen molar-refractivity contribution in [2.75, 3.05) is 0 Å². The third-order valence-electron chi connectivity index (χ3n) is 15.3. The number of aryl methyl sites for hydroxylation is 2. The molecule has 0 bridgehead atoms. The van der Waals surface area contributed by atoms with E-state index in [1.165, 1.54) is 0 Å². The van der Waals surface area contributed by atoms with Gasteiger partial charge in [0.15, 0.2) is 11.6 Å². The fourth-order valence-corrected chi connectivity index (χ4v) is 10.3. The number of nitrogens with two attached hydrogens (primary N) is 2. The summed E-state index contributed by atoms with van der Waals surface area (Å²) >= 11 is 0. The zero-order valence-electron chi connectivity index (χ0n) is 47.2. The fraction of sp³-hybridized carbons (Fsp3) is 0.303. The molecule has 6 amide bonds. The molecule has 2 fully saturated rings. The fourth-order valence-electron chi connectivity index (χ4n) is 10.3. The molecule has 6 atom stereocenters. The van der Waals surface area contributed by atoms with E-state index in [4.69, 9.17) is 31.8 Å². The van der Waals surface area contributed by atoms with Crippen molar-refractivity contribution in [3.05, 3.63) is 213 Å². The molecule has 2 saturated carbocycles. The number of hydrogen-bond donors (Lipinski definition) is 8. The molecule has 10 N–H and O–H groups in total. The van der Waals surface area contributed by atoms with Gasteiger partial charge in [0.1, 0.15) is 24.9 Å². The molecular formula is C66H72N8O10. The van der Waals surface area contributed by atoms with Crippen molar-refractivity contribution < 1.29 is 47.8 Å². The first-order chi connectivity index (χ1) is 40.4. The van der Waals surface area contributed by atoms with Crippen LogP contribution in [0.25, 0.3) is 0 Å². The van der Waals surface area contributed by atoms with Crippen molar-refractivity contribution in [3.63, 3.8) is 0 Å². The molecule has 18 nitrogen and oxygen atoms in total. The van der Waals surface area contributed by atoms with Crippen molar-refractivity contribution in [3.8, 4) is 0 Å². The summed E-state index contributed by atoms with van der Waals surface area (Å²) in [6, 6.07) is 45.9. The lowest BCUT2D eigenvalue weighted by Gasteiger charge is -2.17. The molecule has 6 aromatic rings. The van der Waals surface area contributed by atoms with Crippen molar-refractivity contribution in [2.24, 2.45) is 23.3 Å². The van der Waals surface area contributed by atoms with E-state index in [0.717, 1.165) is 59.1 Å². The van der Waals surface area contributed by atoms with Crippen molar-refractivity contribution in [1.82, 2.24) is 21.3 Å². The van der Waals surface area contributed by atoms with Gasteiger partial charge in [0.05, 0.1) is 12.1 Å². The van der Waals surface area contributed by atoms with E-state index >= 15 is 0 Å². The van der Waals surface area contributed by atoms with Crippen LogP contribution in [0, 0.1) is 22.7 Å². The van der Waals surface area contributed by atoms with Gasteiger partial charge in [0.2, 0.25) is 23.6 Å². The van der Waals surface area contributed by atoms with Gasteiger partial charge in [-0.3, -0.25) is 50.2 Å². The number of rotatable bonds is 22. The summed E-state index contributed by atoms with van der Waals surface area (Å²) in [5.74, 6) is -1.51. The Balaban J connectivity index is 0.000000241. The molecule has 0 spiro atoms. The number of primary amides is 2. The quantitative estimate of drug-likeness (QED) is 0.0235. The highest BCUT2D eigenvalue weighted by Crippen LogP contribution is 2.40. The summed E-state index contributed by atoms with van der Waals surface area (Å²) < 4.78 is 10.3. The van der Waals surface area contributed by atoms with Crippen LogP contribution in [-0.2, 0) is 54.7 Å². The molecule has 0 saturated heterocycles. The highest BCUT2D eigenvalue weighted by molar-refractivity contribution is 6.05. The van der Waals surface area contributed by atoms with Crippen LogP contribution in [0.1, 0.15) is 142 Å². The molecule has 6 aromatic carbocycles. The first-order valence-electron chi connectivity index (χ1n) is 28.2. The lowest BCUT2D eigenvalue weighted by Crippen LogP contribution is -2.41. The van der Waals surface area contributed by atoms with Gasteiger partial charge in [0, 0.05) is 46.9 Å². The average molecular weight is 1140 g/mol. The minimum atomic E-state index is -0.708. The van der Waals surface area contributed by atoms with Crippen LogP contribution in [-0.4, -0.2) is 71.1 Å². The number of benzene rings is 6. The third-order valence-corrected chi connectivity index (χ3v) is 15.3. The predicted molar refractivity (Wildman–Crippen MR) is 318 cm³/mol. The highest BCUT2D eigenvalue weighted by Gasteiger charge is 2.34. The standard InChI is InChI=1S/2C33H36N4O5/c2*1-21(36-32(40)28-16-15-26(19-28)25-8-5-9-27(18-25)31(35)39)29(38)17-12-22-10-13-24(14-11-22)30(34)37-33(41)42-20-23-6-3-2-4-7-23/h2*2-11,13-14,18,21,26,28H,12,15-17,19-20H2,1H3,(H2,35,39)(H,36,40)(H2,34,37,41)/t2*21-,26-,28+/m00/s1. The van der Waals surface area contributed by atoms with Crippen LogP contribution < -0.4 is 32.7 Å². The molecule has 0 heterocycles. The first-order valence-corrected chi connectivity index (χ1v) is 28.2. The maximum absolute atomic E-state index is 12.9. The molecule has 2 aliphatic rings. The lowest BCUT2D eigenvalue weighted by molar-refractivity contribution is -0.129. The summed E-state index contributed by atoms with van der Waals surface area (Å²) in [6.45, 7) is 3.63. The zero-order chi connectivity index (χ0) is 60.1. The Hall–Kier alpha value is -9.58. The second-order valence-corrected chi connectivity index (χ2v) is 21.3. The number of ether oxygens (including phenoxy) is 2. The summed E-state index contributed by atoms with van der Waals surface area (Å²) in [4.78, 5) is 98.3. The molecule has 0 aliphatic heterocycles. The number of Topliss-reactive ketones (excluding diaryl/α,β-unsaturated/α-hetero) is 2. The van der Waals surface area contributed by atoms with E-state index < -0.39 is 36.1 Å². The Morgan fingerprint density at radius 3 is 1.19 bits per heavy atom. The van der Waals surface area contributed by atoms with Gasteiger partial charge in [-0.25, -0.2) is 9.59 Å². The maximum atomic E-state index is 12.9. The van der Waals surface area contributed by atoms with Crippen LogP contribution in [0.3, 0.4) is 0 Å². The maximum Gasteiger partial charge on any atom is 0.413 e. The van der Waals surface area contributed by atoms with Crippen molar-refractivity contribution in [2.45, 2.75) is 115 Å². The number of amides is 6. The van der Waals surface area contributed by atoms with Crippen molar-refractivity contribution in [1.29, 1.82) is 10.8 Å². The monoisotopic (exact) mass is 1140 g/mol. The van der Waals surface area contributed by atoms with Crippen LogP contribution in [0.15, 0.2) is 158 Å². The van der Waals surface area contributed by atoms with E-state index in [1.807, 2.05) is 109 Å². The van der Waals surface area contributed by atoms with E-state index in [-0.39, 0.29) is 84.8 Å². The SMILES string of the molecule is C[C@H](NC(=O)[C@@H]1CC[C@H](c2cccc(C(N)=O)c2)C1)C(=O)CCc1ccc(C(=N)NC(=O)OCc2ccccc2)cc1.C[C@H](NC(=O)[C@@H]1CC[C@H](c2cccc(C(N)=O)c2)C1)C(=O)CCc1ccc(C(=N)NC(=O)OCc2ccccc2)cc1. The summed E-state index contributed by atoms with van der Waals surface area (Å²) in [5, 5.41) is 26.9. The van der Waals surface area contributed by atoms with Gasteiger partial charge in [-0.2, -0.15) is 0 Å². The first kappa shape index (κ1) is 62.0. The predicted octanol–water partition coefficient (Wildman–Crippen LogP) is 9.26. The van der Waals surface area contributed by atoms with Gasteiger partial charge in [-0.05, 0) is 135 Å². The number of amidine groups is 2. The highest BCUT2D eigenvalue weighted by atomic mass is 16.6. The summed E-state index contributed by atoms with van der Waals surface area (Å²) in [7, 11) is 0. The number of alkyl carbamates (subject to hydrolysis) is 2. The molecule has 0 radical (unpaired) electrons. The number of nitrogens with one attached hydrogen (secondary N) is 6. The summed E-state index contributed by atoms with van der Waals surface area (Å²) in [6.07, 6.45) is 4.51. The van der Waals surface area contributed by atoms with Gasteiger partial charge in [-0.15, -0.1) is 0 Å². The van der Waals surface area contributed by atoms with Crippen molar-refractivity contribution >= 4 is 59.1 Å². The number of carbonyl (C=O) groups excluding carboxylic acids is 8. The molecular weight excluding hydrogens is 1060 g/mol. The number of ketones is 2. The topological polar surface area (TPSA) is 303 Å². The molecule has 18 heteroatoms. The molecule has 0 aromatic heterocycles. The van der Waals surface area contributed by atoms with Crippen LogP contribution >= 0.6 is 0 Å². The van der Waals surface area contributed by atoms with Gasteiger partial charge >= 0.3 is 12.2 Å². The largest absolute Gasteiger partial charge is 0.444 e. The second kappa shape index (κ2) is 30.5. The second-order valence-electron chi connectivity index (χ2n) is 21.3. The Morgan fingerprint density at radius 2 is 0.833 bits per heavy atom. The van der Waals surface area contributed by atoms with Crippen LogP contribution in [0.2, 0.25) is 0 Å². The lowest BCUT2D eigenvalue weighted by atomic mass is 9.94. The average Bonchev–Trinajstić information content (AvgIpc) is 4.39. The Bertz CT molecular complexity index is 3100. The Morgan fingerprint density at radius 1 is 0.464 bits per heavy atom.